The second-order valence-electron chi connectivity index (χ2n) is 8.91. The van der Waals surface area contributed by atoms with Crippen LogP contribution in [0.15, 0.2) is 70.8 Å². The molecule has 1 saturated carbocycles. The molecule has 1 spiro atoms. The summed E-state index contributed by atoms with van der Waals surface area (Å²) < 4.78 is 35.2. The fraction of sp³-hybridized carbons (Fsp3) is 0.400. The maximum atomic E-state index is 12.5. The highest BCUT2D eigenvalue weighted by molar-refractivity contribution is 7.85. The average Bonchev–Trinajstić information content (AvgIpc) is 3.60. The van der Waals surface area contributed by atoms with Crippen LogP contribution in [0.5, 0.6) is 0 Å². The van der Waals surface area contributed by atoms with Gasteiger partial charge in [-0.25, -0.2) is 4.79 Å². The van der Waals surface area contributed by atoms with Crippen LogP contribution < -0.4 is 5.32 Å². The number of rotatable bonds is 4. The van der Waals surface area contributed by atoms with E-state index < -0.39 is 15.7 Å². The van der Waals surface area contributed by atoms with Crippen LogP contribution in [-0.4, -0.2) is 42.7 Å². The molecule has 0 aromatic heterocycles. The van der Waals surface area contributed by atoms with Crippen LogP contribution in [0.2, 0.25) is 0 Å². The molecule has 5 rings (SSSR count). The molecule has 0 radical (unpaired) electrons. The number of benzene rings is 2. The molecule has 0 amide bonds. The Bertz CT molecular complexity index is 1130. The van der Waals surface area contributed by atoms with Crippen LogP contribution in [-0.2, 0) is 19.6 Å². The molecule has 1 atom stereocenters. The fourth-order valence-corrected chi connectivity index (χ4v) is 5.02. The van der Waals surface area contributed by atoms with Gasteiger partial charge in [-0.05, 0) is 56.5 Å². The largest absolute Gasteiger partial charge is 0.507 e. The highest BCUT2D eigenvalue weighted by atomic mass is 32.2. The van der Waals surface area contributed by atoms with Crippen molar-refractivity contribution in [3.63, 3.8) is 0 Å². The minimum Gasteiger partial charge on any atom is -0.507 e. The summed E-state index contributed by atoms with van der Waals surface area (Å²) >= 11 is 0. The summed E-state index contributed by atoms with van der Waals surface area (Å²) in [5.41, 5.74) is 1.79. The van der Waals surface area contributed by atoms with Gasteiger partial charge in [-0.2, -0.15) is 8.42 Å². The van der Waals surface area contributed by atoms with Crippen molar-refractivity contribution in [2.75, 3.05) is 13.1 Å². The van der Waals surface area contributed by atoms with Crippen LogP contribution in [0.1, 0.15) is 42.7 Å². The molecule has 7 nitrogen and oxygen atoms in total. The lowest BCUT2D eigenvalue weighted by molar-refractivity contribution is -0.150. The van der Waals surface area contributed by atoms with E-state index in [9.17, 15) is 18.3 Å². The number of carbonyl (C=O) groups excluding carboxylic acids is 1. The van der Waals surface area contributed by atoms with Gasteiger partial charge < -0.3 is 15.2 Å². The predicted molar refractivity (Wildman–Crippen MR) is 123 cm³/mol. The Morgan fingerprint density at radius 2 is 1.64 bits per heavy atom. The summed E-state index contributed by atoms with van der Waals surface area (Å²) in [5.74, 6) is 0.298. The van der Waals surface area contributed by atoms with Crippen molar-refractivity contribution in [2.24, 2.45) is 5.92 Å². The Balaban J connectivity index is 0.000000200. The second-order valence-corrected chi connectivity index (χ2v) is 10.3. The molecule has 3 N–H and O–H groups in total. The number of carbonyl (C=O) groups is 1. The number of hydrogen-bond donors (Lipinski definition) is 3. The summed E-state index contributed by atoms with van der Waals surface area (Å²) in [4.78, 5) is 12.5. The first kappa shape index (κ1) is 23.5. The lowest BCUT2D eigenvalue weighted by atomic mass is 9.82. The van der Waals surface area contributed by atoms with Crippen molar-refractivity contribution < 1.29 is 27.6 Å². The van der Waals surface area contributed by atoms with E-state index >= 15 is 0 Å². The lowest BCUT2D eigenvalue weighted by Gasteiger charge is -2.32. The molecule has 2 aromatic rings. The smallest absolute Gasteiger partial charge is 0.339 e. The van der Waals surface area contributed by atoms with E-state index in [1.807, 2.05) is 37.3 Å². The SMILES string of the molecule is Cc1ccc(S(=O)(=O)O)cc1.O=C1OC2(CCNCC2)C(O)=C1C(c1ccccc1)C1CC1. The minimum atomic E-state index is -4.02. The molecule has 8 heteroatoms. The summed E-state index contributed by atoms with van der Waals surface area (Å²) in [5, 5.41) is 14.1. The predicted octanol–water partition coefficient (Wildman–Crippen LogP) is 3.91. The van der Waals surface area contributed by atoms with E-state index in [4.69, 9.17) is 9.29 Å². The van der Waals surface area contributed by atoms with Crippen LogP contribution in [0.25, 0.3) is 0 Å². The number of hydrogen-bond acceptors (Lipinski definition) is 6. The number of esters is 1. The van der Waals surface area contributed by atoms with Gasteiger partial charge in [0.15, 0.2) is 5.60 Å². The van der Waals surface area contributed by atoms with E-state index in [0.29, 0.717) is 24.3 Å². The monoisotopic (exact) mass is 471 g/mol. The zero-order valence-corrected chi connectivity index (χ0v) is 19.3. The molecule has 3 aliphatic rings. The van der Waals surface area contributed by atoms with Gasteiger partial charge in [-0.3, -0.25) is 4.55 Å². The number of aliphatic hydroxyl groups excluding tert-OH is 1. The molecule has 0 bridgehead atoms. The van der Waals surface area contributed by atoms with Gasteiger partial charge in [0.2, 0.25) is 0 Å². The van der Waals surface area contributed by atoms with E-state index in [1.165, 1.54) is 12.1 Å². The third kappa shape index (κ3) is 5.13. The number of aryl methyl sites for hydroxylation is 1. The van der Waals surface area contributed by atoms with Gasteiger partial charge >= 0.3 is 5.97 Å². The van der Waals surface area contributed by atoms with E-state index in [-0.39, 0.29) is 22.5 Å². The lowest BCUT2D eigenvalue weighted by Crippen LogP contribution is -2.43. The van der Waals surface area contributed by atoms with E-state index in [0.717, 1.165) is 37.1 Å². The van der Waals surface area contributed by atoms with Gasteiger partial charge in [0.25, 0.3) is 10.1 Å². The maximum absolute atomic E-state index is 12.5. The van der Waals surface area contributed by atoms with Gasteiger partial charge in [-0.15, -0.1) is 0 Å². The van der Waals surface area contributed by atoms with Crippen LogP contribution in [0, 0.1) is 12.8 Å². The molecular weight excluding hydrogens is 442 g/mol. The molecule has 2 aromatic carbocycles. The number of piperidine rings is 1. The van der Waals surface area contributed by atoms with E-state index in [1.54, 1.807) is 12.1 Å². The molecular formula is C25H29NO6S. The van der Waals surface area contributed by atoms with Crippen molar-refractivity contribution >= 4 is 16.1 Å². The number of nitrogens with one attached hydrogen (secondary N) is 1. The highest BCUT2D eigenvalue weighted by Gasteiger charge is 2.52. The van der Waals surface area contributed by atoms with Crippen molar-refractivity contribution in [1.82, 2.24) is 5.32 Å². The third-order valence-electron chi connectivity index (χ3n) is 6.49. The van der Waals surface area contributed by atoms with Crippen LogP contribution in [0.3, 0.4) is 0 Å². The Labute approximate surface area is 194 Å². The molecule has 2 heterocycles. The van der Waals surface area contributed by atoms with Crippen molar-refractivity contribution in [1.29, 1.82) is 0 Å². The number of aliphatic hydroxyl groups is 1. The highest BCUT2D eigenvalue weighted by Crippen LogP contribution is 2.51. The van der Waals surface area contributed by atoms with Crippen LogP contribution in [0.4, 0.5) is 0 Å². The Kier molecular flexibility index (Phi) is 6.61. The zero-order valence-electron chi connectivity index (χ0n) is 18.5. The minimum absolute atomic E-state index is 0.0250. The van der Waals surface area contributed by atoms with Gasteiger partial charge in [0, 0.05) is 18.8 Å². The summed E-state index contributed by atoms with van der Waals surface area (Å²) in [6.45, 7) is 3.38. The van der Waals surface area contributed by atoms with Crippen LogP contribution >= 0.6 is 0 Å². The first-order valence-electron chi connectivity index (χ1n) is 11.2. The first-order chi connectivity index (χ1) is 15.7. The molecule has 2 aliphatic heterocycles. The Morgan fingerprint density at radius 1 is 1.03 bits per heavy atom. The second kappa shape index (κ2) is 9.29. The average molecular weight is 472 g/mol. The third-order valence-corrected chi connectivity index (χ3v) is 7.36. The molecule has 176 valence electrons. The first-order valence-corrected chi connectivity index (χ1v) is 12.6. The summed E-state index contributed by atoms with van der Waals surface area (Å²) in [7, 11) is -4.02. The van der Waals surface area contributed by atoms with Crippen molar-refractivity contribution in [3.8, 4) is 0 Å². The fourth-order valence-electron chi connectivity index (χ4n) is 4.54. The summed E-state index contributed by atoms with van der Waals surface area (Å²) in [6, 6.07) is 16.0. The summed E-state index contributed by atoms with van der Waals surface area (Å²) in [6.07, 6.45) is 3.52. The molecule has 1 saturated heterocycles. The zero-order chi connectivity index (χ0) is 23.6. The molecule has 1 unspecified atom stereocenters. The molecule has 1 aliphatic carbocycles. The normalized spacial score (nSPS) is 20.7. The standard InChI is InChI=1S/C18H21NO3.C7H8O3S/c20-16-15(17(21)22-18(16)8-10-19-11-9-18)14(13-6-7-13)12-4-2-1-3-5-12;1-6-2-4-7(5-3-6)11(8,9)10/h1-5,13-14,19-20H,6-11H2;2-5H,1H3,(H,8,9,10). The Morgan fingerprint density at radius 3 is 2.18 bits per heavy atom. The molecule has 2 fully saturated rings. The molecule has 33 heavy (non-hydrogen) atoms. The maximum Gasteiger partial charge on any atom is 0.339 e. The van der Waals surface area contributed by atoms with Gasteiger partial charge in [0.05, 0.1) is 10.5 Å². The Hall–Kier alpha value is -2.68. The van der Waals surface area contributed by atoms with E-state index in [2.05, 4.69) is 5.32 Å². The quantitative estimate of drug-likeness (QED) is 0.458. The van der Waals surface area contributed by atoms with Crippen molar-refractivity contribution in [3.05, 3.63) is 77.1 Å². The van der Waals surface area contributed by atoms with Crippen molar-refractivity contribution in [2.45, 2.75) is 49.0 Å². The number of ether oxygens (including phenoxy) is 1. The van der Waals surface area contributed by atoms with Gasteiger partial charge in [-0.1, -0.05) is 48.0 Å². The topological polar surface area (TPSA) is 113 Å². The van der Waals surface area contributed by atoms with Gasteiger partial charge in [0.1, 0.15) is 5.76 Å².